The van der Waals surface area contributed by atoms with Crippen LogP contribution >= 0.6 is 11.3 Å². The van der Waals surface area contributed by atoms with Crippen LogP contribution in [0.3, 0.4) is 0 Å². The molecule has 0 radical (unpaired) electrons. The maximum Gasteiger partial charge on any atom is 0.325 e. The molecule has 1 heterocycles. The van der Waals surface area contributed by atoms with Gasteiger partial charge in [-0.3, -0.25) is 4.79 Å². The molecule has 100 valence electrons. The molecule has 1 aromatic rings. The Morgan fingerprint density at radius 3 is 2.61 bits per heavy atom. The van der Waals surface area contributed by atoms with E-state index in [4.69, 9.17) is 5.11 Å². The summed E-state index contributed by atoms with van der Waals surface area (Å²) in [6, 6.07) is -1.67. The normalized spacial score (nSPS) is 13.7. The quantitative estimate of drug-likeness (QED) is 0.757. The van der Waals surface area contributed by atoms with Crippen LogP contribution in [0.5, 0.6) is 0 Å². The Bertz CT molecular complexity index is 433. The molecule has 1 aromatic heterocycles. The second-order valence-corrected chi connectivity index (χ2v) is 5.06. The van der Waals surface area contributed by atoms with Crippen molar-refractivity contribution < 1.29 is 14.7 Å². The number of carbonyl (C=O) groups excluding carboxylic acids is 1. The SMILES string of the molecule is CCc1cnc(C(C)NC(=O)N[C@H](C)C(=O)O)s1. The zero-order valence-electron chi connectivity index (χ0n) is 10.6. The highest BCUT2D eigenvalue weighted by atomic mass is 32.1. The standard InChI is InChI=1S/C11H17N3O3S/c1-4-8-5-12-9(18-8)6(2)13-11(17)14-7(3)10(15)16/h5-7H,4H2,1-3H3,(H,15,16)(H2,13,14,17)/t6?,7-/m1/s1. The summed E-state index contributed by atoms with van der Waals surface area (Å²) in [5, 5.41) is 14.5. The van der Waals surface area contributed by atoms with Gasteiger partial charge in [-0.2, -0.15) is 0 Å². The molecule has 2 atom stereocenters. The molecule has 0 saturated heterocycles. The molecule has 2 amide bonds. The Morgan fingerprint density at radius 2 is 2.11 bits per heavy atom. The maximum absolute atomic E-state index is 11.5. The van der Waals surface area contributed by atoms with E-state index >= 15 is 0 Å². The highest BCUT2D eigenvalue weighted by molar-refractivity contribution is 7.11. The van der Waals surface area contributed by atoms with Crippen molar-refractivity contribution in [2.24, 2.45) is 0 Å². The summed E-state index contributed by atoms with van der Waals surface area (Å²) in [4.78, 5) is 27.5. The van der Waals surface area contributed by atoms with Crippen LogP contribution in [0.2, 0.25) is 0 Å². The Morgan fingerprint density at radius 1 is 1.44 bits per heavy atom. The number of nitrogens with zero attached hydrogens (tertiary/aromatic N) is 1. The first-order valence-corrected chi connectivity index (χ1v) is 6.50. The predicted molar refractivity (Wildman–Crippen MR) is 68.7 cm³/mol. The summed E-state index contributed by atoms with van der Waals surface area (Å²) < 4.78 is 0. The zero-order chi connectivity index (χ0) is 13.7. The number of amides is 2. The summed E-state index contributed by atoms with van der Waals surface area (Å²) in [5.41, 5.74) is 0. The lowest BCUT2D eigenvalue weighted by molar-refractivity contribution is -0.138. The number of urea groups is 1. The third kappa shape index (κ3) is 3.99. The van der Waals surface area contributed by atoms with E-state index in [-0.39, 0.29) is 6.04 Å². The molecule has 3 N–H and O–H groups in total. The van der Waals surface area contributed by atoms with Gasteiger partial charge in [0.2, 0.25) is 0 Å². The number of hydrogen-bond donors (Lipinski definition) is 3. The molecule has 1 unspecified atom stereocenters. The molecular weight excluding hydrogens is 254 g/mol. The van der Waals surface area contributed by atoms with Crippen molar-refractivity contribution >= 4 is 23.3 Å². The average molecular weight is 271 g/mol. The summed E-state index contributed by atoms with van der Waals surface area (Å²) in [6.45, 7) is 5.26. The van der Waals surface area contributed by atoms with Crippen LogP contribution in [0, 0.1) is 0 Å². The molecule has 0 saturated carbocycles. The van der Waals surface area contributed by atoms with Crippen molar-refractivity contribution in [1.29, 1.82) is 0 Å². The number of carboxylic acid groups (broad SMARTS) is 1. The molecular formula is C11H17N3O3S. The Balaban J connectivity index is 2.51. The first-order chi connectivity index (χ1) is 8.43. The molecule has 1 rings (SSSR count). The molecule has 0 spiro atoms. The van der Waals surface area contributed by atoms with E-state index in [2.05, 4.69) is 15.6 Å². The van der Waals surface area contributed by atoms with Gasteiger partial charge in [-0.25, -0.2) is 9.78 Å². The van der Waals surface area contributed by atoms with Crippen LogP contribution in [-0.4, -0.2) is 28.1 Å². The van der Waals surface area contributed by atoms with Gasteiger partial charge in [-0.1, -0.05) is 6.92 Å². The fourth-order valence-corrected chi connectivity index (χ4v) is 2.10. The second-order valence-electron chi connectivity index (χ2n) is 3.92. The third-order valence-electron chi connectivity index (χ3n) is 2.36. The van der Waals surface area contributed by atoms with E-state index in [1.165, 1.54) is 18.3 Å². The first kappa shape index (κ1) is 14.4. The van der Waals surface area contributed by atoms with Gasteiger partial charge in [0.25, 0.3) is 0 Å². The monoisotopic (exact) mass is 271 g/mol. The summed E-state index contributed by atoms with van der Waals surface area (Å²) in [6.07, 6.45) is 2.70. The van der Waals surface area contributed by atoms with Gasteiger partial charge >= 0.3 is 12.0 Å². The van der Waals surface area contributed by atoms with Crippen LogP contribution in [0.15, 0.2) is 6.20 Å². The van der Waals surface area contributed by atoms with E-state index in [1.54, 1.807) is 6.20 Å². The Labute approximate surface area is 109 Å². The lowest BCUT2D eigenvalue weighted by Gasteiger charge is -2.14. The van der Waals surface area contributed by atoms with Gasteiger partial charge < -0.3 is 15.7 Å². The summed E-state index contributed by atoms with van der Waals surface area (Å²) in [7, 11) is 0. The number of carboxylic acids is 1. The fraction of sp³-hybridized carbons (Fsp3) is 0.545. The largest absolute Gasteiger partial charge is 0.480 e. The lowest BCUT2D eigenvalue weighted by atomic mass is 10.3. The minimum absolute atomic E-state index is 0.240. The minimum atomic E-state index is -1.07. The summed E-state index contributed by atoms with van der Waals surface area (Å²) >= 11 is 1.54. The van der Waals surface area contributed by atoms with Gasteiger partial charge in [-0.05, 0) is 20.3 Å². The van der Waals surface area contributed by atoms with Crippen LogP contribution in [0.4, 0.5) is 4.79 Å². The highest BCUT2D eigenvalue weighted by Gasteiger charge is 2.17. The Hall–Kier alpha value is -1.63. The molecule has 18 heavy (non-hydrogen) atoms. The Kier molecular flexibility index (Phi) is 5.08. The third-order valence-corrected chi connectivity index (χ3v) is 3.68. The van der Waals surface area contributed by atoms with Crippen molar-refractivity contribution in [2.75, 3.05) is 0 Å². The van der Waals surface area contributed by atoms with Crippen molar-refractivity contribution in [3.8, 4) is 0 Å². The molecule has 0 aliphatic rings. The number of aryl methyl sites for hydroxylation is 1. The van der Waals surface area contributed by atoms with E-state index in [0.717, 1.165) is 16.3 Å². The maximum atomic E-state index is 11.5. The van der Waals surface area contributed by atoms with Gasteiger partial charge in [-0.15, -0.1) is 11.3 Å². The topological polar surface area (TPSA) is 91.3 Å². The van der Waals surface area contributed by atoms with Crippen molar-refractivity contribution in [3.63, 3.8) is 0 Å². The fourth-order valence-electron chi connectivity index (χ4n) is 1.24. The number of thiazole rings is 1. The van der Waals surface area contributed by atoms with Crippen molar-refractivity contribution in [2.45, 2.75) is 39.3 Å². The molecule has 0 bridgehead atoms. The molecule has 0 aliphatic heterocycles. The lowest BCUT2D eigenvalue weighted by Crippen LogP contribution is -2.45. The highest BCUT2D eigenvalue weighted by Crippen LogP contribution is 2.19. The van der Waals surface area contributed by atoms with Crippen LogP contribution in [0.1, 0.15) is 36.7 Å². The van der Waals surface area contributed by atoms with Gasteiger partial charge in [0.15, 0.2) is 0 Å². The zero-order valence-corrected chi connectivity index (χ0v) is 11.4. The van der Waals surface area contributed by atoms with Crippen molar-refractivity contribution in [3.05, 3.63) is 16.1 Å². The molecule has 0 aliphatic carbocycles. The first-order valence-electron chi connectivity index (χ1n) is 5.68. The molecule has 0 aromatic carbocycles. The van der Waals surface area contributed by atoms with Crippen LogP contribution < -0.4 is 10.6 Å². The number of aromatic nitrogens is 1. The smallest absolute Gasteiger partial charge is 0.325 e. The molecule has 7 heteroatoms. The predicted octanol–water partition coefficient (Wildman–Crippen LogP) is 1.54. The number of carbonyl (C=O) groups is 2. The number of rotatable bonds is 5. The minimum Gasteiger partial charge on any atom is -0.480 e. The van der Waals surface area contributed by atoms with E-state index in [1.807, 2.05) is 13.8 Å². The summed E-state index contributed by atoms with van der Waals surface area (Å²) in [5.74, 6) is -1.07. The van der Waals surface area contributed by atoms with E-state index in [0.29, 0.717) is 0 Å². The number of hydrogen-bond acceptors (Lipinski definition) is 4. The van der Waals surface area contributed by atoms with Crippen LogP contribution in [0.25, 0.3) is 0 Å². The second kappa shape index (κ2) is 6.34. The van der Waals surface area contributed by atoms with Crippen LogP contribution in [-0.2, 0) is 11.2 Å². The van der Waals surface area contributed by atoms with E-state index in [9.17, 15) is 9.59 Å². The van der Waals surface area contributed by atoms with Crippen molar-refractivity contribution in [1.82, 2.24) is 15.6 Å². The van der Waals surface area contributed by atoms with Gasteiger partial charge in [0.1, 0.15) is 11.0 Å². The molecule has 6 nitrogen and oxygen atoms in total. The van der Waals surface area contributed by atoms with Gasteiger partial charge in [0, 0.05) is 11.1 Å². The average Bonchev–Trinajstić information content (AvgIpc) is 2.76. The number of nitrogens with one attached hydrogen (secondary N) is 2. The number of aliphatic carboxylic acids is 1. The van der Waals surface area contributed by atoms with E-state index < -0.39 is 18.0 Å². The van der Waals surface area contributed by atoms with Gasteiger partial charge in [0.05, 0.1) is 6.04 Å². The molecule has 0 fully saturated rings.